The summed E-state index contributed by atoms with van der Waals surface area (Å²) in [6.45, 7) is 2.03. The molecule has 0 aliphatic carbocycles. The van der Waals surface area contributed by atoms with E-state index >= 15 is 0 Å². The summed E-state index contributed by atoms with van der Waals surface area (Å²) in [5, 5.41) is 9.49. The smallest absolute Gasteiger partial charge is 0.276 e. The van der Waals surface area contributed by atoms with Crippen molar-refractivity contribution < 1.29 is 17.9 Å². The first-order valence-corrected chi connectivity index (χ1v) is 10.2. The third-order valence-electron chi connectivity index (χ3n) is 4.17. The third-order valence-corrected chi connectivity index (χ3v) is 6.01. The molecule has 29 heavy (non-hydrogen) atoms. The van der Waals surface area contributed by atoms with Crippen molar-refractivity contribution in [3.05, 3.63) is 58.5 Å². The van der Waals surface area contributed by atoms with Crippen LogP contribution in [0, 0.1) is 0 Å². The summed E-state index contributed by atoms with van der Waals surface area (Å²) in [4.78, 5) is 24.6. The van der Waals surface area contributed by atoms with Gasteiger partial charge in [-0.1, -0.05) is 18.2 Å². The third kappa shape index (κ3) is 3.98. The molecule has 10 heteroatoms. The monoisotopic (exact) mass is 416 g/mol. The van der Waals surface area contributed by atoms with Crippen LogP contribution in [-0.4, -0.2) is 49.5 Å². The van der Waals surface area contributed by atoms with Gasteiger partial charge < -0.3 is 10.1 Å². The van der Waals surface area contributed by atoms with Crippen LogP contribution in [0.4, 0.5) is 5.69 Å². The Balaban J connectivity index is 2.02. The molecule has 1 aromatic heterocycles. The van der Waals surface area contributed by atoms with E-state index in [0.29, 0.717) is 10.8 Å². The van der Waals surface area contributed by atoms with Gasteiger partial charge in [-0.05, 0) is 31.2 Å². The fourth-order valence-corrected chi connectivity index (χ4v) is 3.79. The second kappa shape index (κ2) is 8.02. The van der Waals surface area contributed by atoms with E-state index in [1.54, 1.807) is 31.2 Å². The van der Waals surface area contributed by atoms with Gasteiger partial charge in [-0.25, -0.2) is 17.8 Å². The normalized spacial score (nSPS) is 11.6. The molecule has 1 amide bonds. The van der Waals surface area contributed by atoms with Gasteiger partial charge in [-0.2, -0.15) is 5.10 Å². The van der Waals surface area contributed by atoms with E-state index in [1.807, 2.05) is 0 Å². The molecule has 2 N–H and O–H groups in total. The second-order valence-electron chi connectivity index (χ2n) is 6.28. The van der Waals surface area contributed by atoms with Crippen LogP contribution in [0.15, 0.2) is 52.2 Å². The van der Waals surface area contributed by atoms with Crippen LogP contribution in [-0.2, 0) is 10.0 Å². The lowest BCUT2D eigenvalue weighted by Crippen LogP contribution is -2.23. The van der Waals surface area contributed by atoms with Gasteiger partial charge in [0.15, 0.2) is 5.69 Å². The second-order valence-corrected chi connectivity index (χ2v) is 8.40. The minimum Gasteiger partial charge on any atom is -0.492 e. The summed E-state index contributed by atoms with van der Waals surface area (Å²) < 4.78 is 31.7. The molecular formula is C19H20N4O5S. The largest absolute Gasteiger partial charge is 0.492 e. The Morgan fingerprint density at radius 3 is 2.52 bits per heavy atom. The molecule has 0 aliphatic heterocycles. The average molecular weight is 416 g/mol. The van der Waals surface area contributed by atoms with E-state index in [4.69, 9.17) is 4.74 Å². The van der Waals surface area contributed by atoms with Crippen molar-refractivity contribution in [2.45, 2.75) is 11.8 Å². The van der Waals surface area contributed by atoms with Gasteiger partial charge in [0.25, 0.3) is 11.5 Å². The van der Waals surface area contributed by atoms with Gasteiger partial charge in [-0.15, -0.1) is 0 Å². The molecule has 3 rings (SSSR count). The van der Waals surface area contributed by atoms with Gasteiger partial charge in [0.1, 0.15) is 10.6 Å². The lowest BCUT2D eigenvalue weighted by molar-refractivity contribution is 0.102. The number of hydrogen-bond donors (Lipinski definition) is 2. The first-order chi connectivity index (χ1) is 13.8. The summed E-state index contributed by atoms with van der Waals surface area (Å²) >= 11 is 0. The number of ether oxygens (including phenoxy) is 1. The molecule has 0 saturated heterocycles. The lowest BCUT2D eigenvalue weighted by atomic mass is 10.1. The minimum absolute atomic E-state index is 0.0195. The number of nitrogens with one attached hydrogen (secondary N) is 2. The Morgan fingerprint density at radius 1 is 1.17 bits per heavy atom. The highest BCUT2D eigenvalue weighted by Gasteiger charge is 2.24. The Kier molecular flexibility index (Phi) is 5.66. The van der Waals surface area contributed by atoms with Gasteiger partial charge in [0.2, 0.25) is 10.0 Å². The first-order valence-electron chi connectivity index (χ1n) is 8.74. The Hall–Kier alpha value is -3.24. The van der Waals surface area contributed by atoms with E-state index in [1.165, 1.54) is 32.3 Å². The van der Waals surface area contributed by atoms with Crippen LogP contribution in [0.2, 0.25) is 0 Å². The molecule has 3 aromatic rings. The van der Waals surface area contributed by atoms with Crippen LogP contribution < -0.4 is 15.6 Å². The predicted octanol–water partition coefficient (Wildman–Crippen LogP) is 1.82. The molecule has 9 nitrogen and oxygen atoms in total. The Bertz CT molecular complexity index is 1230. The summed E-state index contributed by atoms with van der Waals surface area (Å²) in [6.07, 6.45) is 0. The van der Waals surface area contributed by atoms with Gasteiger partial charge >= 0.3 is 0 Å². The van der Waals surface area contributed by atoms with Gasteiger partial charge in [0, 0.05) is 25.2 Å². The summed E-state index contributed by atoms with van der Waals surface area (Å²) in [5.74, 6) is -0.401. The van der Waals surface area contributed by atoms with Crippen LogP contribution in [0.3, 0.4) is 0 Å². The van der Waals surface area contributed by atoms with E-state index < -0.39 is 21.5 Å². The average Bonchev–Trinajstić information content (AvgIpc) is 2.69. The highest BCUT2D eigenvalue weighted by Crippen LogP contribution is 2.29. The van der Waals surface area contributed by atoms with Crippen molar-refractivity contribution in [3.63, 3.8) is 0 Å². The fourth-order valence-electron chi connectivity index (χ4n) is 2.74. The molecular weight excluding hydrogens is 396 g/mol. The van der Waals surface area contributed by atoms with Crippen LogP contribution in [0.5, 0.6) is 5.75 Å². The number of amides is 1. The van der Waals surface area contributed by atoms with Crippen molar-refractivity contribution in [3.8, 4) is 5.75 Å². The number of hydrogen-bond acceptors (Lipinski definition) is 6. The number of anilines is 1. The number of nitrogens with zero attached hydrogens (tertiary/aromatic N) is 2. The number of carbonyl (C=O) groups is 1. The van der Waals surface area contributed by atoms with E-state index in [0.717, 1.165) is 4.31 Å². The molecule has 0 fully saturated rings. The topological polar surface area (TPSA) is 121 Å². The molecule has 152 valence electrons. The van der Waals surface area contributed by atoms with Crippen LogP contribution >= 0.6 is 0 Å². The van der Waals surface area contributed by atoms with Crippen LogP contribution in [0.25, 0.3) is 10.8 Å². The molecule has 1 heterocycles. The number of sulfonamides is 1. The highest BCUT2D eigenvalue weighted by atomic mass is 32.2. The van der Waals surface area contributed by atoms with Gasteiger partial charge in [0.05, 0.1) is 12.0 Å². The zero-order chi connectivity index (χ0) is 21.2. The SMILES string of the molecule is CCOc1ccc(NC(=O)c2n[nH]c(=O)c3ccccc23)cc1S(=O)(=O)N(C)C. The van der Waals surface area contributed by atoms with Crippen molar-refractivity contribution in [1.82, 2.24) is 14.5 Å². The van der Waals surface area contributed by atoms with Gasteiger partial charge in [-0.3, -0.25) is 9.59 Å². The number of aromatic amines is 1. The van der Waals surface area contributed by atoms with Crippen molar-refractivity contribution >= 4 is 32.4 Å². The number of carbonyl (C=O) groups excluding carboxylic acids is 1. The highest BCUT2D eigenvalue weighted by molar-refractivity contribution is 7.89. The van der Waals surface area contributed by atoms with Crippen molar-refractivity contribution in [1.29, 1.82) is 0 Å². The van der Waals surface area contributed by atoms with Crippen molar-refractivity contribution in [2.75, 3.05) is 26.0 Å². The maximum absolute atomic E-state index is 12.8. The number of benzene rings is 2. The molecule has 0 spiro atoms. The number of fused-ring (bicyclic) bond motifs is 1. The Morgan fingerprint density at radius 2 is 1.86 bits per heavy atom. The quantitative estimate of drug-likeness (QED) is 0.632. The molecule has 2 aromatic carbocycles. The number of aromatic nitrogens is 2. The zero-order valence-electron chi connectivity index (χ0n) is 16.1. The van der Waals surface area contributed by atoms with E-state index in [9.17, 15) is 18.0 Å². The zero-order valence-corrected chi connectivity index (χ0v) is 16.9. The molecule has 0 bridgehead atoms. The lowest BCUT2D eigenvalue weighted by Gasteiger charge is -2.16. The fraction of sp³-hybridized carbons (Fsp3) is 0.211. The molecule has 0 radical (unpaired) electrons. The summed E-state index contributed by atoms with van der Waals surface area (Å²) in [6, 6.07) is 10.9. The number of rotatable bonds is 6. The van der Waals surface area contributed by atoms with Crippen LogP contribution in [0.1, 0.15) is 17.4 Å². The predicted molar refractivity (Wildman–Crippen MR) is 109 cm³/mol. The summed E-state index contributed by atoms with van der Waals surface area (Å²) in [7, 11) is -0.980. The Labute approximate surface area is 167 Å². The maximum atomic E-state index is 12.8. The first kappa shape index (κ1) is 20.5. The van der Waals surface area contributed by atoms with Crippen molar-refractivity contribution in [2.24, 2.45) is 0 Å². The van der Waals surface area contributed by atoms with E-state index in [2.05, 4.69) is 15.5 Å². The molecule has 0 unspecified atom stereocenters. The summed E-state index contributed by atoms with van der Waals surface area (Å²) in [5.41, 5.74) is -0.139. The standard InChI is InChI=1S/C19H20N4O5S/c1-4-28-15-10-9-12(11-16(15)29(26,27)23(2)3)20-19(25)17-13-7-5-6-8-14(13)18(24)22-21-17/h5-11H,4H2,1-3H3,(H,20,25)(H,22,24). The molecule has 0 aliphatic rings. The molecule has 0 saturated carbocycles. The number of H-pyrrole nitrogens is 1. The minimum atomic E-state index is -3.80. The molecule has 0 atom stereocenters. The maximum Gasteiger partial charge on any atom is 0.276 e. The van der Waals surface area contributed by atoms with E-state index in [-0.39, 0.29) is 28.6 Å².